The molecule has 2 N–H and O–H groups in total. The summed E-state index contributed by atoms with van der Waals surface area (Å²) >= 11 is 0. The Labute approximate surface area is 160 Å². The van der Waals surface area contributed by atoms with Crippen LogP contribution in [0.25, 0.3) is 0 Å². The normalized spacial score (nSPS) is 14.5. The lowest BCUT2D eigenvalue weighted by molar-refractivity contribution is 0.174. The predicted octanol–water partition coefficient (Wildman–Crippen LogP) is 2.95. The second-order valence-corrected chi connectivity index (χ2v) is 9.36. The Morgan fingerprint density at radius 2 is 1.85 bits per heavy atom. The minimum absolute atomic E-state index is 0.000577. The van der Waals surface area contributed by atoms with Gasteiger partial charge in [-0.1, -0.05) is 32.0 Å². The first kappa shape index (κ1) is 19.5. The number of sulfone groups is 1. The number of nitrogens with one attached hydrogen (secondary N) is 1. The van der Waals surface area contributed by atoms with Gasteiger partial charge in [-0.2, -0.15) is 0 Å². The van der Waals surface area contributed by atoms with Crippen LogP contribution in [0.1, 0.15) is 36.6 Å². The Balaban J connectivity index is 1.88. The van der Waals surface area contributed by atoms with E-state index in [1.165, 1.54) is 0 Å². The van der Waals surface area contributed by atoms with Crippen LogP contribution in [0.5, 0.6) is 17.2 Å². The van der Waals surface area contributed by atoms with E-state index in [-0.39, 0.29) is 30.4 Å². The smallest absolute Gasteiger partial charge is 0.231 e. The van der Waals surface area contributed by atoms with Crippen LogP contribution >= 0.6 is 0 Å². The highest BCUT2D eigenvalue weighted by molar-refractivity contribution is 7.89. The summed E-state index contributed by atoms with van der Waals surface area (Å²) in [4.78, 5) is 0. The maximum Gasteiger partial charge on any atom is 0.231 e. The molecule has 1 heterocycles. The summed E-state index contributed by atoms with van der Waals surface area (Å²) in [6.45, 7) is 4.38. The Kier molecular flexibility index (Phi) is 5.62. The summed E-state index contributed by atoms with van der Waals surface area (Å²) in [5.74, 6) is 1.29. The molecular weight excluding hydrogens is 366 g/mol. The van der Waals surface area contributed by atoms with Crippen molar-refractivity contribution < 1.29 is 23.0 Å². The molecule has 1 aliphatic heterocycles. The lowest BCUT2D eigenvalue weighted by Crippen LogP contribution is -2.29. The summed E-state index contributed by atoms with van der Waals surface area (Å²) in [7, 11) is -3.23. The Bertz CT molecular complexity index is 924. The number of aromatic hydroxyl groups is 1. The standard InChI is InChI=1S/C20H25NO5S/c1-13(2)21-17(15-5-7-19-20(10-15)26-12-25-19)9-14-4-6-18(22)16(8-14)11-27(3,23)24/h4-8,10,13,17,21-22H,9,11-12H2,1-3H3. The number of rotatable bonds is 7. The molecule has 27 heavy (non-hydrogen) atoms. The van der Waals surface area contributed by atoms with Gasteiger partial charge in [0.15, 0.2) is 21.3 Å². The van der Waals surface area contributed by atoms with Crippen LogP contribution < -0.4 is 14.8 Å². The van der Waals surface area contributed by atoms with E-state index in [1.54, 1.807) is 12.1 Å². The first-order valence-electron chi connectivity index (χ1n) is 8.85. The second-order valence-electron chi connectivity index (χ2n) is 7.22. The second kappa shape index (κ2) is 7.78. The highest BCUT2D eigenvalue weighted by Crippen LogP contribution is 2.35. The van der Waals surface area contributed by atoms with Crippen molar-refractivity contribution in [3.05, 3.63) is 53.1 Å². The monoisotopic (exact) mass is 391 g/mol. The fourth-order valence-electron chi connectivity index (χ4n) is 3.20. The molecule has 0 fully saturated rings. The molecule has 0 saturated heterocycles. The maximum atomic E-state index is 11.6. The third-order valence-corrected chi connectivity index (χ3v) is 5.17. The van der Waals surface area contributed by atoms with Crippen molar-refractivity contribution in [3.63, 3.8) is 0 Å². The predicted molar refractivity (Wildman–Crippen MR) is 104 cm³/mol. The van der Waals surface area contributed by atoms with Gasteiger partial charge in [0, 0.05) is 23.9 Å². The van der Waals surface area contributed by atoms with Gasteiger partial charge >= 0.3 is 0 Å². The number of benzene rings is 2. The number of hydrogen-bond acceptors (Lipinski definition) is 6. The van der Waals surface area contributed by atoms with Crippen molar-refractivity contribution in [2.75, 3.05) is 13.0 Å². The van der Waals surface area contributed by atoms with Gasteiger partial charge in [-0.25, -0.2) is 8.42 Å². The molecule has 2 aromatic rings. The highest BCUT2D eigenvalue weighted by Gasteiger charge is 2.20. The molecule has 0 aliphatic carbocycles. The molecule has 7 heteroatoms. The molecule has 1 unspecified atom stereocenters. The topological polar surface area (TPSA) is 84.9 Å². The number of phenolic OH excluding ortho intramolecular Hbond substituents is 1. The van der Waals surface area contributed by atoms with Crippen molar-refractivity contribution in [2.45, 2.75) is 38.1 Å². The molecule has 6 nitrogen and oxygen atoms in total. The molecule has 146 valence electrons. The van der Waals surface area contributed by atoms with E-state index >= 15 is 0 Å². The lowest BCUT2D eigenvalue weighted by Gasteiger charge is -2.22. The van der Waals surface area contributed by atoms with Crippen LogP contribution in [0, 0.1) is 0 Å². The SMILES string of the molecule is CC(C)NC(Cc1ccc(O)c(CS(C)(=O)=O)c1)c1ccc2c(c1)OCO2. The van der Waals surface area contributed by atoms with E-state index < -0.39 is 9.84 Å². The van der Waals surface area contributed by atoms with Crippen LogP contribution in [-0.2, 0) is 22.0 Å². The first-order valence-corrected chi connectivity index (χ1v) is 10.9. The molecule has 3 rings (SSSR count). The Morgan fingerprint density at radius 3 is 2.56 bits per heavy atom. The highest BCUT2D eigenvalue weighted by atomic mass is 32.2. The van der Waals surface area contributed by atoms with E-state index in [2.05, 4.69) is 19.2 Å². The number of fused-ring (bicyclic) bond motifs is 1. The first-order chi connectivity index (χ1) is 12.7. The third-order valence-electron chi connectivity index (χ3n) is 4.33. The zero-order valence-electron chi connectivity index (χ0n) is 15.7. The molecule has 2 aromatic carbocycles. The van der Waals surface area contributed by atoms with Crippen LogP contribution in [0.3, 0.4) is 0 Å². The zero-order chi connectivity index (χ0) is 19.6. The van der Waals surface area contributed by atoms with E-state index in [4.69, 9.17) is 9.47 Å². The molecule has 0 spiro atoms. The Morgan fingerprint density at radius 1 is 1.11 bits per heavy atom. The number of phenols is 1. The van der Waals surface area contributed by atoms with Gasteiger partial charge in [-0.05, 0) is 35.7 Å². The van der Waals surface area contributed by atoms with E-state index in [9.17, 15) is 13.5 Å². The molecule has 1 atom stereocenters. The summed E-state index contributed by atoms with van der Waals surface area (Å²) in [6.07, 6.45) is 1.81. The quantitative estimate of drug-likeness (QED) is 0.755. The minimum Gasteiger partial charge on any atom is -0.508 e. The molecule has 1 aliphatic rings. The Hall–Kier alpha value is -2.25. The van der Waals surface area contributed by atoms with Gasteiger partial charge in [-0.3, -0.25) is 0 Å². The lowest BCUT2D eigenvalue weighted by atomic mass is 9.96. The maximum absolute atomic E-state index is 11.6. The summed E-state index contributed by atoms with van der Waals surface area (Å²) < 4.78 is 34.1. The molecule has 0 bridgehead atoms. The zero-order valence-corrected chi connectivity index (χ0v) is 16.5. The van der Waals surface area contributed by atoms with Gasteiger partial charge in [0.05, 0.1) is 5.75 Å². The van der Waals surface area contributed by atoms with E-state index in [1.807, 2.05) is 24.3 Å². The van der Waals surface area contributed by atoms with Crippen molar-refractivity contribution >= 4 is 9.84 Å². The summed E-state index contributed by atoms with van der Waals surface area (Å²) in [5, 5.41) is 13.5. The van der Waals surface area contributed by atoms with Gasteiger partial charge < -0.3 is 19.9 Å². The van der Waals surface area contributed by atoms with Gasteiger partial charge in [0.2, 0.25) is 6.79 Å². The van der Waals surface area contributed by atoms with Gasteiger partial charge in [-0.15, -0.1) is 0 Å². The fraction of sp³-hybridized carbons (Fsp3) is 0.400. The number of hydrogen-bond donors (Lipinski definition) is 2. The minimum atomic E-state index is -3.23. The van der Waals surface area contributed by atoms with E-state index in [0.717, 1.165) is 28.9 Å². The van der Waals surface area contributed by atoms with Crippen molar-refractivity contribution in [1.29, 1.82) is 0 Å². The van der Waals surface area contributed by atoms with Crippen LogP contribution in [0.4, 0.5) is 0 Å². The van der Waals surface area contributed by atoms with Crippen LogP contribution in [0.2, 0.25) is 0 Å². The molecule has 0 saturated carbocycles. The molecule has 0 aromatic heterocycles. The summed E-state index contributed by atoms with van der Waals surface area (Å²) in [5.41, 5.74) is 2.43. The molecule has 0 radical (unpaired) electrons. The fourth-order valence-corrected chi connectivity index (χ4v) is 4.00. The number of ether oxygens (including phenoxy) is 2. The largest absolute Gasteiger partial charge is 0.508 e. The van der Waals surface area contributed by atoms with Crippen molar-refractivity contribution in [2.24, 2.45) is 0 Å². The average molecular weight is 391 g/mol. The van der Waals surface area contributed by atoms with Gasteiger partial charge in [0.25, 0.3) is 0 Å². The molecular formula is C20H25NO5S. The van der Waals surface area contributed by atoms with Crippen molar-refractivity contribution in [1.82, 2.24) is 5.32 Å². The summed E-state index contributed by atoms with van der Waals surface area (Å²) in [6, 6.07) is 11.3. The average Bonchev–Trinajstić information content (AvgIpc) is 3.03. The van der Waals surface area contributed by atoms with Gasteiger partial charge in [0.1, 0.15) is 5.75 Å². The van der Waals surface area contributed by atoms with Crippen molar-refractivity contribution in [3.8, 4) is 17.2 Å². The van der Waals surface area contributed by atoms with Crippen LogP contribution in [-0.4, -0.2) is 32.6 Å². The third kappa shape index (κ3) is 5.14. The van der Waals surface area contributed by atoms with Crippen LogP contribution in [0.15, 0.2) is 36.4 Å². The molecule has 0 amide bonds. The van der Waals surface area contributed by atoms with E-state index in [0.29, 0.717) is 12.0 Å².